The largest absolute Gasteiger partial charge is 0.493 e. The molecule has 0 N–H and O–H groups in total. The van der Waals surface area contributed by atoms with Crippen LogP contribution in [0.15, 0.2) is 48.5 Å². The summed E-state index contributed by atoms with van der Waals surface area (Å²) >= 11 is 0. The van der Waals surface area contributed by atoms with Crippen LogP contribution in [0, 0.1) is 6.92 Å². The summed E-state index contributed by atoms with van der Waals surface area (Å²) in [6.45, 7) is 2.93. The van der Waals surface area contributed by atoms with E-state index in [9.17, 15) is 4.79 Å². The minimum Gasteiger partial charge on any atom is -0.493 e. The van der Waals surface area contributed by atoms with E-state index in [0.29, 0.717) is 30.3 Å². The van der Waals surface area contributed by atoms with Crippen molar-refractivity contribution in [2.75, 3.05) is 27.4 Å². The molecule has 0 bridgehead atoms. The summed E-state index contributed by atoms with van der Waals surface area (Å²) in [6, 6.07) is 13.1. The van der Waals surface area contributed by atoms with E-state index in [4.69, 9.17) is 14.2 Å². The smallest absolute Gasteiger partial charge is 0.185 e. The van der Waals surface area contributed by atoms with Gasteiger partial charge in [0.25, 0.3) is 0 Å². The summed E-state index contributed by atoms with van der Waals surface area (Å²) in [6.07, 6.45) is 3.40. The third kappa shape index (κ3) is 4.70. The SMILES string of the molecule is COCCOc1ccc(C(=O)/C=C/c2ccccc2C)cc1OC. The van der Waals surface area contributed by atoms with Crippen LogP contribution in [0.3, 0.4) is 0 Å². The van der Waals surface area contributed by atoms with E-state index in [1.165, 1.54) is 0 Å². The van der Waals surface area contributed by atoms with Crippen molar-refractivity contribution in [3.63, 3.8) is 0 Å². The van der Waals surface area contributed by atoms with Gasteiger partial charge >= 0.3 is 0 Å². The van der Waals surface area contributed by atoms with Crippen LogP contribution in [0.4, 0.5) is 0 Å². The second-order valence-electron chi connectivity index (χ2n) is 5.26. The molecule has 2 rings (SSSR count). The van der Waals surface area contributed by atoms with Gasteiger partial charge in [0.1, 0.15) is 6.61 Å². The fourth-order valence-electron chi connectivity index (χ4n) is 2.21. The average molecular weight is 326 g/mol. The summed E-state index contributed by atoms with van der Waals surface area (Å²) in [4.78, 5) is 12.4. The predicted molar refractivity (Wildman–Crippen MR) is 94.9 cm³/mol. The summed E-state index contributed by atoms with van der Waals surface area (Å²) < 4.78 is 15.8. The van der Waals surface area contributed by atoms with Gasteiger partial charge in [-0.25, -0.2) is 0 Å². The standard InChI is InChI=1S/C20H22O4/c1-15-6-4-5-7-16(15)8-10-18(21)17-9-11-19(20(14-17)23-3)24-13-12-22-2/h4-11,14H,12-13H2,1-3H3/b10-8+. The van der Waals surface area contributed by atoms with Crippen LogP contribution >= 0.6 is 0 Å². The van der Waals surface area contributed by atoms with Crippen molar-refractivity contribution >= 4 is 11.9 Å². The van der Waals surface area contributed by atoms with Crippen molar-refractivity contribution in [3.8, 4) is 11.5 Å². The maximum absolute atomic E-state index is 12.4. The quantitative estimate of drug-likeness (QED) is 0.419. The highest BCUT2D eigenvalue weighted by Gasteiger charge is 2.09. The minimum absolute atomic E-state index is 0.0833. The molecule has 4 nitrogen and oxygen atoms in total. The Morgan fingerprint density at radius 3 is 2.54 bits per heavy atom. The molecule has 0 amide bonds. The van der Waals surface area contributed by atoms with Gasteiger partial charge < -0.3 is 14.2 Å². The Morgan fingerprint density at radius 1 is 1.04 bits per heavy atom. The summed E-state index contributed by atoms with van der Waals surface area (Å²) in [5.41, 5.74) is 2.70. The molecule has 2 aromatic rings. The number of ether oxygens (including phenoxy) is 3. The summed E-state index contributed by atoms with van der Waals surface area (Å²) in [7, 11) is 3.17. The number of carbonyl (C=O) groups excluding carboxylic acids is 1. The number of allylic oxidation sites excluding steroid dienone is 1. The Bertz CT molecular complexity index is 719. The number of methoxy groups -OCH3 is 2. The molecule has 4 heteroatoms. The molecule has 0 aliphatic rings. The van der Waals surface area contributed by atoms with Crippen molar-refractivity contribution < 1.29 is 19.0 Å². The minimum atomic E-state index is -0.0833. The number of rotatable bonds is 8. The van der Waals surface area contributed by atoms with Crippen LogP contribution in [0.2, 0.25) is 0 Å². The van der Waals surface area contributed by atoms with Crippen LogP contribution in [0.5, 0.6) is 11.5 Å². The van der Waals surface area contributed by atoms with Crippen molar-refractivity contribution in [3.05, 3.63) is 65.2 Å². The van der Waals surface area contributed by atoms with Gasteiger partial charge in [0.2, 0.25) is 0 Å². The van der Waals surface area contributed by atoms with E-state index in [1.807, 2.05) is 37.3 Å². The Hall–Kier alpha value is -2.59. The number of aryl methyl sites for hydroxylation is 1. The molecule has 2 aromatic carbocycles. The highest BCUT2D eigenvalue weighted by Crippen LogP contribution is 2.28. The fourth-order valence-corrected chi connectivity index (χ4v) is 2.21. The molecular formula is C20H22O4. The lowest BCUT2D eigenvalue weighted by Gasteiger charge is -2.11. The van der Waals surface area contributed by atoms with Crippen LogP contribution in [-0.4, -0.2) is 33.2 Å². The van der Waals surface area contributed by atoms with Crippen LogP contribution < -0.4 is 9.47 Å². The maximum atomic E-state index is 12.4. The molecule has 126 valence electrons. The summed E-state index contributed by atoms with van der Waals surface area (Å²) in [5, 5.41) is 0. The first-order chi connectivity index (χ1) is 11.7. The first-order valence-corrected chi connectivity index (χ1v) is 7.73. The first kappa shape index (κ1) is 17.8. The average Bonchev–Trinajstić information content (AvgIpc) is 2.61. The first-order valence-electron chi connectivity index (χ1n) is 7.73. The van der Waals surface area contributed by atoms with Crippen molar-refractivity contribution in [1.29, 1.82) is 0 Å². The molecule has 0 aromatic heterocycles. The Labute approximate surface area is 142 Å². The van der Waals surface area contributed by atoms with Crippen molar-refractivity contribution in [2.24, 2.45) is 0 Å². The van der Waals surface area contributed by atoms with Gasteiger partial charge in [-0.15, -0.1) is 0 Å². The zero-order valence-electron chi connectivity index (χ0n) is 14.2. The van der Waals surface area contributed by atoms with Gasteiger partial charge in [-0.05, 0) is 42.3 Å². The van der Waals surface area contributed by atoms with E-state index in [0.717, 1.165) is 11.1 Å². The lowest BCUT2D eigenvalue weighted by atomic mass is 10.1. The van der Waals surface area contributed by atoms with Gasteiger partial charge in [-0.3, -0.25) is 4.79 Å². The Kier molecular flexibility index (Phi) is 6.58. The van der Waals surface area contributed by atoms with Gasteiger partial charge in [-0.1, -0.05) is 30.3 Å². The zero-order chi connectivity index (χ0) is 17.4. The van der Waals surface area contributed by atoms with Crippen molar-refractivity contribution in [1.82, 2.24) is 0 Å². The third-order valence-corrected chi connectivity index (χ3v) is 3.60. The lowest BCUT2D eigenvalue weighted by molar-refractivity contribution is 0.104. The molecule has 0 saturated heterocycles. The van der Waals surface area contributed by atoms with Crippen LogP contribution in [-0.2, 0) is 4.74 Å². The van der Waals surface area contributed by atoms with Gasteiger partial charge in [0.15, 0.2) is 17.3 Å². The van der Waals surface area contributed by atoms with E-state index < -0.39 is 0 Å². The second-order valence-corrected chi connectivity index (χ2v) is 5.26. The molecule has 0 spiro atoms. The molecule has 0 saturated carbocycles. The maximum Gasteiger partial charge on any atom is 0.185 e. The molecule has 0 unspecified atom stereocenters. The highest BCUT2D eigenvalue weighted by atomic mass is 16.5. The van der Waals surface area contributed by atoms with Gasteiger partial charge in [0, 0.05) is 12.7 Å². The normalized spacial score (nSPS) is 10.8. The highest BCUT2D eigenvalue weighted by molar-refractivity contribution is 6.07. The Balaban J connectivity index is 2.13. The fraction of sp³-hybridized carbons (Fsp3) is 0.250. The molecule has 24 heavy (non-hydrogen) atoms. The molecule has 0 heterocycles. The third-order valence-electron chi connectivity index (χ3n) is 3.60. The molecule has 0 aliphatic heterocycles. The zero-order valence-corrected chi connectivity index (χ0v) is 14.2. The van der Waals surface area contributed by atoms with E-state index in [2.05, 4.69) is 0 Å². The van der Waals surface area contributed by atoms with E-state index in [-0.39, 0.29) is 5.78 Å². The molecule has 0 fully saturated rings. The van der Waals surface area contributed by atoms with Crippen molar-refractivity contribution in [2.45, 2.75) is 6.92 Å². The molecule has 0 atom stereocenters. The topological polar surface area (TPSA) is 44.8 Å². The van der Waals surface area contributed by atoms with Gasteiger partial charge in [-0.2, -0.15) is 0 Å². The number of hydrogen-bond donors (Lipinski definition) is 0. The Morgan fingerprint density at radius 2 is 1.83 bits per heavy atom. The van der Waals surface area contributed by atoms with E-state index >= 15 is 0 Å². The predicted octanol–water partition coefficient (Wildman–Crippen LogP) is 3.92. The number of ketones is 1. The van der Waals surface area contributed by atoms with Crippen LogP contribution in [0.25, 0.3) is 6.08 Å². The summed E-state index contributed by atoms with van der Waals surface area (Å²) in [5.74, 6) is 1.04. The molecular weight excluding hydrogens is 304 g/mol. The molecule has 0 aliphatic carbocycles. The van der Waals surface area contributed by atoms with Gasteiger partial charge in [0.05, 0.1) is 13.7 Å². The second kappa shape index (κ2) is 8.89. The number of hydrogen-bond acceptors (Lipinski definition) is 4. The van der Waals surface area contributed by atoms with E-state index in [1.54, 1.807) is 38.5 Å². The lowest BCUT2D eigenvalue weighted by Crippen LogP contribution is -2.06. The monoisotopic (exact) mass is 326 g/mol. The number of carbonyl (C=O) groups is 1. The number of benzene rings is 2. The molecule has 0 radical (unpaired) electrons. The van der Waals surface area contributed by atoms with Crippen LogP contribution in [0.1, 0.15) is 21.5 Å².